The summed E-state index contributed by atoms with van der Waals surface area (Å²) in [7, 11) is 0. The van der Waals surface area contributed by atoms with Crippen LogP contribution in [0.15, 0.2) is 48.9 Å². The first-order chi connectivity index (χ1) is 16.8. The molecule has 0 saturated carbocycles. The van der Waals surface area contributed by atoms with E-state index in [1.54, 1.807) is 24.5 Å². The third-order valence-corrected chi connectivity index (χ3v) is 5.83. The van der Waals surface area contributed by atoms with Crippen molar-refractivity contribution in [1.82, 2.24) is 25.0 Å². The highest BCUT2D eigenvalue weighted by molar-refractivity contribution is 6.04. The van der Waals surface area contributed by atoms with Crippen LogP contribution in [0.1, 0.15) is 39.5 Å². The monoisotopic (exact) mass is 482 g/mol. The van der Waals surface area contributed by atoms with Gasteiger partial charge in [-0.05, 0) is 36.4 Å². The zero-order chi connectivity index (χ0) is 24.8. The largest absolute Gasteiger partial charge is 0.416 e. The molecule has 0 spiro atoms. The Labute approximate surface area is 201 Å². The average molecular weight is 483 g/mol. The number of nitrogens with one attached hydrogen (secondary N) is 2. The smallest absolute Gasteiger partial charge is 0.307 e. The van der Waals surface area contributed by atoms with E-state index < -0.39 is 17.6 Å². The molecule has 1 fully saturated rings. The van der Waals surface area contributed by atoms with Gasteiger partial charge in [0.1, 0.15) is 5.82 Å². The lowest BCUT2D eigenvalue weighted by atomic mass is 10.0. The van der Waals surface area contributed by atoms with E-state index in [4.69, 9.17) is 0 Å². The van der Waals surface area contributed by atoms with E-state index in [0.717, 1.165) is 25.7 Å². The number of piperazine rings is 1. The van der Waals surface area contributed by atoms with Gasteiger partial charge in [0.2, 0.25) is 0 Å². The highest BCUT2D eigenvalue weighted by atomic mass is 19.4. The topological polar surface area (TPSA) is 77.1 Å². The molecule has 1 amide bonds. The van der Waals surface area contributed by atoms with Crippen LogP contribution >= 0.6 is 0 Å². The summed E-state index contributed by atoms with van der Waals surface area (Å²) in [4.78, 5) is 21.1. The average Bonchev–Trinajstić information content (AvgIpc) is 3.37. The van der Waals surface area contributed by atoms with Gasteiger partial charge in [-0.1, -0.05) is 24.8 Å². The molecule has 2 aromatic heterocycles. The number of hydrogen-bond acceptors (Lipinski definition) is 5. The van der Waals surface area contributed by atoms with E-state index in [1.165, 1.54) is 18.3 Å². The Balaban J connectivity index is 1.48. The number of amides is 1. The quantitative estimate of drug-likeness (QED) is 0.544. The van der Waals surface area contributed by atoms with E-state index in [2.05, 4.69) is 44.2 Å². The van der Waals surface area contributed by atoms with Crippen LogP contribution in [0.2, 0.25) is 0 Å². The van der Waals surface area contributed by atoms with E-state index in [-0.39, 0.29) is 23.5 Å². The first-order valence-corrected chi connectivity index (χ1v) is 11.2. The molecule has 4 rings (SSSR count). The summed E-state index contributed by atoms with van der Waals surface area (Å²) in [5.41, 5.74) is 0.559. The zero-order valence-electron chi connectivity index (χ0n) is 19.2. The Hall–Kier alpha value is -3.68. The molecule has 0 bridgehead atoms. The Kier molecular flexibility index (Phi) is 7.48. The minimum absolute atomic E-state index is 0.0893. The van der Waals surface area contributed by atoms with Crippen LogP contribution in [0.5, 0.6) is 0 Å². The highest BCUT2D eigenvalue weighted by Crippen LogP contribution is 2.33. The summed E-state index contributed by atoms with van der Waals surface area (Å²) in [5.74, 6) is 5.35. The number of H-pyrrole nitrogens is 1. The minimum atomic E-state index is -4.57. The summed E-state index contributed by atoms with van der Waals surface area (Å²) < 4.78 is 41.6. The number of nitrogens with zero attached hydrogens (tertiary/aromatic N) is 4. The third-order valence-electron chi connectivity index (χ3n) is 5.83. The van der Waals surface area contributed by atoms with Crippen molar-refractivity contribution in [3.05, 3.63) is 76.7 Å². The van der Waals surface area contributed by atoms with Gasteiger partial charge in [-0.15, -0.1) is 0 Å². The summed E-state index contributed by atoms with van der Waals surface area (Å²) in [6.45, 7) is 6.26. The number of hydrogen-bond donors (Lipinski definition) is 2. The van der Waals surface area contributed by atoms with Crippen LogP contribution in [-0.4, -0.2) is 63.6 Å². The second-order valence-electron chi connectivity index (χ2n) is 8.20. The number of aromatic amines is 1. The fourth-order valence-corrected chi connectivity index (χ4v) is 3.85. The minimum Gasteiger partial charge on any atom is -0.307 e. The van der Waals surface area contributed by atoms with Crippen LogP contribution in [0, 0.1) is 11.8 Å². The van der Waals surface area contributed by atoms with E-state index in [1.807, 2.05) is 4.90 Å². The first kappa shape index (κ1) is 24.4. The number of benzene rings is 1. The van der Waals surface area contributed by atoms with Crippen LogP contribution in [0.4, 0.5) is 19.0 Å². The maximum Gasteiger partial charge on any atom is 0.416 e. The van der Waals surface area contributed by atoms with Crippen molar-refractivity contribution in [2.45, 2.75) is 19.6 Å². The van der Waals surface area contributed by atoms with E-state index >= 15 is 0 Å². The Morgan fingerprint density at radius 1 is 1.09 bits per heavy atom. The fourth-order valence-electron chi connectivity index (χ4n) is 3.85. The summed E-state index contributed by atoms with van der Waals surface area (Å²) in [6.07, 6.45) is 0.114. The van der Waals surface area contributed by atoms with E-state index in [9.17, 15) is 18.0 Å². The van der Waals surface area contributed by atoms with Crippen molar-refractivity contribution in [3.8, 4) is 11.8 Å². The molecule has 1 aliphatic rings. The van der Waals surface area contributed by atoms with Crippen LogP contribution in [0.25, 0.3) is 0 Å². The van der Waals surface area contributed by atoms with Crippen molar-refractivity contribution < 1.29 is 18.0 Å². The van der Waals surface area contributed by atoms with Gasteiger partial charge in [0.25, 0.3) is 5.91 Å². The number of carbonyl (C=O) groups is 1. The van der Waals surface area contributed by atoms with Gasteiger partial charge in [0.05, 0.1) is 17.3 Å². The Morgan fingerprint density at radius 3 is 2.51 bits per heavy atom. The Bertz CT molecular complexity index is 1220. The fraction of sp³-hybridized carbons (Fsp3) is 0.320. The number of likely N-dealkylation sites (N-methyl/N-ethyl adjacent to an activating group) is 1. The third kappa shape index (κ3) is 6.47. The van der Waals surface area contributed by atoms with Gasteiger partial charge in [-0.3, -0.25) is 14.8 Å². The maximum absolute atomic E-state index is 13.9. The molecule has 0 atom stereocenters. The molecule has 0 radical (unpaired) electrons. The SMILES string of the molecule is CCN1CCN(Cc2ccc(C(=O)Nc3cc(C#Cc4cn[nH]c4)ccn3)cc2C(F)(F)F)CC1. The molecule has 2 N–H and O–H groups in total. The predicted octanol–water partition coefficient (Wildman–Crippen LogP) is 3.61. The van der Waals surface area contributed by atoms with Gasteiger partial charge in [-0.2, -0.15) is 18.3 Å². The lowest BCUT2D eigenvalue weighted by molar-refractivity contribution is -0.138. The molecule has 35 heavy (non-hydrogen) atoms. The van der Waals surface area contributed by atoms with Crippen molar-refractivity contribution in [1.29, 1.82) is 0 Å². The van der Waals surface area contributed by atoms with Gasteiger partial charge >= 0.3 is 6.18 Å². The van der Waals surface area contributed by atoms with E-state index in [0.29, 0.717) is 24.2 Å². The van der Waals surface area contributed by atoms with Crippen LogP contribution in [-0.2, 0) is 12.7 Å². The molecule has 1 saturated heterocycles. The van der Waals surface area contributed by atoms with Crippen LogP contribution < -0.4 is 5.32 Å². The number of carbonyl (C=O) groups excluding carboxylic acids is 1. The number of anilines is 1. The van der Waals surface area contributed by atoms with Crippen LogP contribution in [0.3, 0.4) is 0 Å². The lowest BCUT2D eigenvalue weighted by Gasteiger charge is -2.34. The molecule has 3 heterocycles. The number of aromatic nitrogens is 3. The number of pyridine rings is 1. The summed E-state index contributed by atoms with van der Waals surface area (Å²) in [6, 6.07) is 6.95. The Morgan fingerprint density at radius 2 is 1.83 bits per heavy atom. The molecule has 1 aliphatic heterocycles. The first-order valence-electron chi connectivity index (χ1n) is 11.2. The number of rotatable bonds is 5. The molecular weight excluding hydrogens is 457 g/mol. The molecule has 182 valence electrons. The maximum atomic E-state index is 13.9. The van der Waals surface area contributed by atoms with Crippen molar-refractivity contribution in [2.75, 3.05) is 38.0 Å². The molecule has 0 unspecified atom stereocenters. The molecule has 10 heteroatoms. The second kappa shape index (κ2) is 10.7. The lowest BCUT2D eigenvalue weighted by Crippen LogP contribution is -2.45. The van der Waals surface area contributed by atoms with Gasteiger partial charge in [0, 0.05) is 56.2 Å². The summed E-state index contributed by atoms with van der Waals surface area (Å²) in [5, 5.41) is 9.04. The summed E-state index contributed by atoms with van der Waals surface area (Å²) >= 11 is 0. The standard InChI is InChI=1S/C25H25F3N6O/c1-2-33-9-11-34(12-10-33)17-21-6-5-20(14-22(21)25(26,27)28)24(35)32-23-13-18(7-8-29-23)3-4-19-15-30-31-16-19/h5-8,13-16H,2,9-12,17H2,1H3,(H,30,31)(H,29,32,35). The van der Waals surface area contributed by atoms with Crippen molar-refractivity contribution >= 4 is 11.7 Å². The number of alkyl halides is 3. The zero-order valence-corrected chi connectivity index (χ0v) is 19.2. The molecule has 3 aromatic rings. The van der Waals surface area contributed by atoms with Crippen molar-refractivity contribution in [2.24, 2.45) is 0 Å². The van der Waals surface area contributed by atoms with Gasteiger partial charge in [0.15, 0.2) is 0 Å². The molecule has 7 nitrogen and oxygen atoms in total. The molecule has 0 aliphatic carbocycles. The molecular formula is C25H25F3N6O. The van der Waals surface area contributed by atoms with Crippen molar-refractivity contribution in [3.63, 3.8) is 0 Å². The normalized spacial score (nSPS) is 14.9. The second-order valence-corrected chi connectivity index (χ2v) is 8.20. The number of halogens is 3. The highest BCUT2D eigenvalue weighted by Gasteiger charge is 2.34. The van der Waals surface area contributed by atoms with Gasteiger partial charge in [-0.25, -0.2) is 4.98 Å². The predicted molar refractivity (Wildman–Crippen MR) is 126 cm³/mol. The molecule has 1 aromatic carbocycles. The van der Waals surface area contributed by atoms with Gasteiger partial charge < -0.3 is 10.2 Å².